The van der Waals surface area contributed by atoms with Crippen molar-refractivity contribution >= 4 is 17.7 Å². The Balaban J connectivity index is 1.52. The highest BCUT2D eigenvalue weighted by Crippen LogP contribution is 2.26. The topological polar surface area (TPSA) is 78.7 Å². The van der Waals surface area contributed by atoms with Crippen LogP contribution in [0.5, 0.6) is 11.5 Å². The molecule has 34 heavy (non-hydrogen) atoms. The fourth-order valence-corrected chi connectivity index (χ4v) is 4.65. The smallest absolute Gasteiger partial charge is 0.233 e. The van der Waals surface area contributed by atoms with Gasteiger partial charge in [-0.15, -0.1) is 10.2 Å². The number of benzene rings is 2. The summed E-state index contributed by atoms with van der Waals surface area (Å²) in [5, 5.41) is 8.88. The number of thioether (sulfide) groups is 1. The van der Waals surface area contributed by atoms with E-state index < -0.39 is 5.82 Å². The van der Waals surface area contributed by atoms with Crippen LogP contribution in [-0.2, 0) is 16.1 Å². The number of carbonyl (C=O) groups is 1. The van der Waals surface area contributed by atoms with Crippen molar-refractivity contribution < 1.29 is 23.4 Å². The predicted octanol–water partition coefficient (Wildman–Crippen LogP) is 3.72. The summed E-state index contributed by atoms with van der Waals surface area (Å²) in [4.78, 5) is 14.6. The van der Waals surface area contributed by atoms with Crippen LogP contribution in [0.25, 0.3) is 5.69 Å². The molecule has 180 valence electrons. The normalized spacial score (nSPS) is 18.1. The lowest BCUT2D eigenvalue weighted by Crippen LogP contribution is -2.48. The summed E-state index contributed by atoms with van der Waals surface area (Å²) in [6, 6.07) is 13.5. The molecule has 4 rings (SSSR count). The highest BCUT2D eigenvalue weighted by molar-refractivity contribution is 7.99. The summed E-state index contributed by atoms with van der Waals surface area (Å²) in [7, 11) is 1.59. The van der Waals surface area contributed by atoms with Crippen molar-refractivity contribution in [1.82, 2.24) is 19.7 Å². The number of para-hydroxylation sites is 1. The number of aromatic nitrogens is 3. The Hall–Kier alpha value is -3.11. The van der Waals surface area contributed by atoms with Crippen molar-refractivity contribution in [2.75, 3.05) is 26.0 Å². The molecule has 8 nitrogen and oxygen atoms in total. The summed E-state index contributed by atoms with van der Waals surface area (Å²) in [6.45, 7) is 5.07. The van der Waals surface area contributed by atoms with Gasteiger partial charge < -0.3 is 19.1 Å². The van der Waals surface area contributed by atoms with Gasteiger partial charge in [0.1, 0.15) is 23.9 Å². The molecule has 1 fully saturated rings. The van der Waals surface area contributed by atoms with E-state index in [1.807, 2.05) is 13.8 Å². The third-order valence-electron chi connectivity index (χ3n) is 5.32. The average molecular weight is 487 g/mol. The van der Waals surface area contributed by atoms with E-state index in [-0.39, 0.29) is 30.5 Å². The number of amides is 1. The second kappa shape index (κ2) is 10.9. The van der Waals surface area contributed by atoms with Gasteiger partial charge >= 0.3 is 0 Å². The molecule has 0 bridgehead atoms. The van der Waals surface area contributed by atoms with Crippen LogP contribution in [-0.4, -0.2) is 63.7 Å². The van der Waals surface area contributed by atoms with Gasteiger partial charge in [0.15, 0.2) is 11.0 Å². The number of rotatable bonds is 8. The molecule has 1 aliphatic rings. The van der Waals surface area contributed by atoms with Crippen LogP contribution in [0, 0.1) is 5.82 Å². The lowest BCUT2D eigenvalue weighted by molar-refractivity contribution is -0.140. The molecule has 0 N–H and O–H groups in total. The maximum absolute atomic E-state index is 14.7. The number of ether oxygens (including phenoxy) is 3. The first-order valence-corrected chi connectivity index (χ1v) is 11.9. The highest BCUT2D eigenvalue weighted by atomic mass is 32.2. The summed E-state index contributed by atoms with van der Waals surface area (Å²) in [5.41, 5.74) is 0.296. The first-order chi connectivity index (χ1) is 16.4. The Morgan fingerprint density at radius 3 is 2.44 bits per heavy atom. The third-order valence-corrected chi connectivity index (χ3v) is 6.23. The summed E-state index contributed by atoms with van der Waals surface area (Å²) in [6.07, 6.45) is -0.0250. The van der Waals surface area contributed by atoms with Crippen LogP contribution in [0.15, 0.2) is 53.7 Å². The van der Waals surface area contributed by atoms with Crippen molar-refractivity contribution in [2.24, 2.45) is 0 Å². The van der Waals surface area contributed by atoms with Gasteiger partial charge in [0.25, 0.3) is 0 Å². The molecule has 1 aromatic heterocycles. The quantitative estimate of drug-likeness (QED) is 0.449. The van der Waals surface area contributed by atoms with E-state index >= 15 is 0 Å². The molecule has 0 unspecified atom stereocenters. The van der Waals surface area contributed by atoms with Crippen molar-refractivity contribution in [3.63, 3.8) is 0 Å². The molecular formula is C24H27FN4O4S. The van der Waals surface area contributed by atoms with Crippen molar-refractivity contribution in [1.29, 1.82) is 0 Å². The summed E-state index contributed by atoms with van der Waals surface area (Å²) >= 11 is 1.22. The lowest BCUT2D eigenvalue weighted by Gasteiger charge is -2.35. The molecule has 1 saturated heterocycles. The van der Waals surface area contributed by atoms with Crippen molar-refractivity contribution in [3.8, 4) is 17.2 Å². The molecule has 2 heterocycles. The first-order valence-electron chi connectivity index (χ1n) is 11.0. The second-order valence-electron chi connectivity index (χ2n) is 7.99. The molecule has 0 spiro atoms. The number of hydrogen-bond donors (Lipinski definition) is 0. The van der Waals surface area contributed by atoms with E-state index in [2.05, 4.69) is 10.2 Å². The lowest BCUT2D eigenvalue weighted by atomic mass is 10.2. The molecule has 0 aliphatic carbocycles. The number of morpholine rings is 1. The predicted molar refractivity (Wildman–Crippen MR) is 126 cm³/mol. The summed E-state index contributed by atoms with van der Waals surface area (Å²) < 4.78 is 33.0. The van der Waals surface area contributed by atoms with Crippen LogP contribution in [0.3, 0.4) is 0 Å². The van der Waals surface area contributed by atoms with E-state index in [1.165, 1.54) is 17.8 Å². The van der Waals surface area contributed by atoms with Crippen LogP contribution in [0.1, 0.15) is 19.7 Å². The van der Waals surface area contributed by atoms with E-state index in [4.69, 9.17) is 14.2 Å². The molecule has 2 aromatic carbocycles. The van der Waals surface area contributed by atoms with E-state index in [9.17, 15) is 9.18 Å². The molecular weight excluding hydrogens is 459 g/mol. The van der Waals surface area contributed by atoms with Gasteiger partial charge in [-0.1, -0.05) is 23.9 Å². The second-order valence-corrected chi connectivity index (χ2v) is 8.94. The average Bonchev–Trinajstić information content (AvgIpc) is 3.23. The minimum atomic E-state index is -0.419. The molecule has 10 heteroatoms. The zero-order valence-corrected chi connectivity index (χ0v) is 20.1. The minimum Gasteiger partial charge on any atom is -0.497 e. The van der Waals surface area contributed by atoms with E-state index in [1.54, 1.807) is 59.0 Å². The number of nitrogens with zero attached hydrogens (tertiary/aromatic N) is 4. The number of hydrogen-bond acceptors (Lipinski definition) is 7. The van der Waals surface area contributed by atoms with Crippen LogP contribution < -0.4 is 9.47 Å². The Bertz CT molecular complexity index is 1110. The number of halogens is 1. The van der Waals surface area contributed by atoms with Gasteiger partial charge in [0, 0.05) is 13.1 Å². The Kier molecular flexibility index (Phi) is 7.69. The zero-order chi connectivity index (χ0) is 24.1. The highest BCUT2D eigenvalue weighted by Gasteiger charge is 2.26. The maximum atomic E-state index is 14.7. The molecule has 3 aromatic rings. The first kappa shape index (κ1) is 24.0. The SMILES string of the molecule is COc1ccc(OCc2nnc(SCC(=O)N3C[C@H](C)O[C@@H](C)C3)n2-c2ccccc2F)cc1. The van der Waals surface area contributed by atoms with E-state index in [0.29, 0.717) is 41.3 Å². The van der Waals surface area contributed by atoms with Gasteiger partial charge in [0.05, 0.1) is 30.8 Å². The van der Waals surface area contributed by atoms with Gasteiger partial charge in [-0.05, 0) is 50.2 Å². The largest absolute Gasteiger partial charge is 0.497 e. The fraction of sp³-hybridized carbons (Fsp3) is 0.375. The molecule has 2 atom stereocenters. The Morgan fingerprint density at radius 2 is 1.76 bits per heavy atom. The van der Waals surface area contributed by atoms with Crippen LogP contribution in [0.4, 0.5) is 4.39 Å². The zero-order valence-electron chi connectivity index (χ0n) is 19.3. The summed E-state index contributed by atoms with van der Waals surface area (Å²) in [5.74, 6) is 1.47. The van der Waals surface area contributed by atoms with Gasteiger partial charge in [-0.2, -0.15) is 0 Å². The molecule has 1 amide bonds. The van der Waals surface area contributed by atoms with Gasteiger partial charge in [-0.3, -0.25) is 9.36 Å². The van der Waals surface area contributed by atoms with Gasteiger partial charge in [0.2, 0.25) is 5.91 Å². The standard InChI is InChI=1S/C24H27FN4O4S/c1-16-12-28(13-17(2)33-16)23(30)15-34-24-27-26-22(29(24)21-7-5-4-6-20(21)25)14-32-19-10-8-18(31-3)9-11-19/h4-11,16-17H,12-15H2,1-3H3/t16-,17-/m0/s1. The van der Waals surface area contributed by atoms with Crippen molar-refractivity contribution in [3.05, 3.63) is 60.2 Å². The molecule has 0 saturated carbocycles. The number of carbonyl (C=O) groups excluding carboxylic acids is 1. The Morgan fingerprint density at radius 1 is 1.09 bits per heavy atom. The monoisotopic (exact) mass is 486 g/mol. The van der Waals surface area contributed by atoms with Crippen LogP contribution >= 0.6 is 11.8 Å². The van der Waals surface area contributed by atoms with Crippen LogP contribution in [0.2, 0.25) is 0 Å². The minimum absolute atomic E-state index is 0.0125. The Labute approximate surface area is 202 Å². The van der Waals surface area contributed by atoms with Gasteiger partial charge in [-0.25, -0.2) is 4.39 Å². The molecule has 0 radical (unpaired) electrons. The third kappa shape index (κ3) is 5.68. The van der Waals surface area contributed by atoms with E-state index in [0.717, 1.165) is 0 Å². The number of methoxy groups -OCH3 is 1. The molecule has 1 aliphatic heterocycles. The van der Waals surface area contributed by atoms with Crippen molar-refractivity contribution in [2.45, 2.75) is 37.8 Å². The fourth-order valence-electron chi connectivity index (χ4n) is 3.78. The maximum Gasteiger partial charge on any atom is 0.233 e.